The Labute approximate surface area is 227 Å². The van der Waals surface area contributed by atoms with Crippen LogP contribution in [0.3, 0.4) is 0 Å². The van der Waals surface area contributed by atoms with Crippen LogP contribution in [0, 0.1) is 0 Å². The first-order chi connectivity index (χ1) is 17.7. The van der Waals surface area contributed by atoms with Crippen LogP contribution < -0.4 is 10.2 Å². The number of hydrogen-bond acceptors (Lipinski definition) is 5. The highest BCUT2D eigenvalue weighted by Crippen LogP contribution is 2.29. The van der Waals surface area contributed by atoms with Crippen molar-refractivity contribution < 1.29 is 4.74 Å². The number of thiocarbonyl (C=S) groups is 1. The van der Waals surface area contributed by atoms with Gasteiger partial charge in [-0.1, -0.05) is 31.5 Å². The van der Waals surface area contributed by atoms with E-state index < -0.39 is 0 Å². The number of nitrogens with one attached hydrogen (secondary N) is 1. The lowest BCUT2D eigenvalue weighted by Gasteiger charge is -2.32. The average molecular weight is 527 g/mol. The molecule has 7 heteroatoms. The van der Waals surface area contributed by atoms with Crippen molar-refractivity contribution in [1.82, 2.24) is 9.80 Å². The van der Waals surface area contributed by atoms with Crippen LogP contribution >= 0.6 is 24.0 Å². The fourth-order valence-electron chi connectivity index (χ4n) is 5.09. The van der Waals surface area contributed by atoms with E-state index in [0.717, 1.165) is 63.2 Å². The van der Waals surface area contributed by atoms with Crippen molar-refractivity contribution in [1.29, 1.82) is 0 Å². The van der Waals surface area contributed by atoms with E-state index in [2.05, 4.69) is 75.7 Å². The Morgan fingerprint density at radius 1 is 1.08 bits per heavy atom. The number of thioether (sulfide) groups is 1. The van der Waals surface area contributed by atoms with E-state index in [1.807, 2.05) is 0 Å². The van der Waals surface area contributed by atoms with E-state index in [1.54, 1.807) is 11.8 Å². The third-order valence-corrected chi connectivity index (χ3v) is 8.21. The summed E-state index contributed by atoms with van der Waals surface area (Å²) >= 11 is 7.71. The highest BCUT2D eigenvalue weighted by Gasteiger charge is 2.19. The summed E-state index contributed by atoms with van der Waals surface area (Å²) in [5.41, 5.74) is 5.34. The second kappa shape index (κ2) is 14.2. The molecule has 0 unspecified atom stereocenters. The topological polar surface area (TPSA) is 31.0 Å². The van der Waals surface area contributed by atoms with Crippen molar-refractivity contribution in [3.63, 3.8) is 0 Å². The van der Waals surface area contributed by atoms with Gasteiger partial charge in [0.2, 0.25) is 0 Å². The van der Waals surface area contributed by atoms with Gasteiger partial charge in [0.25, 0.3) is 0 Å². The molecule has 0 amide bonds. The largest absolute Gasteiger partial charge is 0.379 e. The van der Waals surface area contributed by atoms with Crippen LogP contribution in [0.4, 0.5) is 11.4 Å². The zero-order valence-electron chi connectivity index (χ0n) is 22.0. The molecule has 196 valence electrons. The van der Waals surface area contributed by atoms with Crippen molar-refractivity contribution >= 4 is 40.5 Å². The maximum Gasteiger partial charge on any atom is 0.173 e. The standard InChI is InChI=1S/C29H42N4OS2/c1-3-4-14-32-15-6-8-25-21-24(11-12-28(25)32)23-33(16-7-13-31-17-19-34-20-18-31)29(35)30-26-9-5-10-27(22-26)36-2/h5,9-12,21-22H,3-4,6-8,13-20,23H2,1-2H3,(H,30,35). The molecule has 0 aliphatic carbocycles. The van der Waals surface area contributed by atoms with Crippen LogP contribution in [-0.2, 0) is 17.7 Å². The van der Waals surface area contributed by atoms with E-state index >= 15 is 0 Å². The SMILES string of the molecule is CCCCN1CCCc2cc(CN(CCCN3CCOCC3)C(=S)Nc3cccc(SC)c3)ccc21. The molecule has 36 heavy (non-hydrogen) atoms. The highest BCUT2D eigenvalue weighted by molar-refractivity contribution is 7.98. The van der Waals surface area contributed by atoms with Crippen molar-refractivity contribution in [2.24, 2.45) is 0 Å². The summed E-state index contributed by atoms with van der Waals surface area (Å²) < 4.78 is 5.52. The van der Waals surface area contributed by atoms with Crippen molar-refractivity contribution in [3.8, 4) is 0 Å². The van der Waals surface area contributed by atoms with E-state index in [9.17, 15) is 0 Å². The smallest absolute Gasteiger partial charge is 0.173 e. The van der Waals surface area contributed by atoms with Gasteiger partial charge in [0, 0.05) is 62.1 Å². The third kappa shape index (κ3) is 7.85. The molecule has 2 aliphatic heterocycles. The number of unbranched alkanes of at least 4 members (excludes halogenated alkanes) is 1. The van der Waals surface area contributed by atoms with Gasteiger partial charge in [0.1, 0.15) is 0 Å². The fraction of sp³-hybridized carbons (Fsp3) is 0.552. The molecule has 4 rings (SSSR count). The van der Waals surface area contributed by atoms with Gasteiger partial charge in [-0.25, -0.2) is 0 Å². The molecule has 0 aromatic heterocycles. The van der Waals surface area contributed by atoms with E-state index in [-0.39, 0.29) is 0 Å². The summed E-state index contributed by atoms with van der Waals surface area (Å²) in [7, 11) is 0. The normalized spacial score (nSPS) is 16.0. The lowest BCUT2D eigenvalue weighted by Crippen LogP contribution is -2.40. The predicted molar refractivity (Wildman–Crippen MR) is 159 cm³/mol. The zero-order chi connectivity index (χ0) is 25.2. The Bertz CT molecular complexity index is 979. The summed E-state index contributed by atoms with van der Waals surface area (Å²) in [6, 6.07) is 15.6. The van der Waals surface area contributed by atoms with Gasteiger partial charge >= 0.3 is 0 Å². The van der Waals surface area contributed by atoms with Gasteiger partial charge in [-0.15, -0.1) is 11.8 Å². The quantitative estimate of drug-likeness (QED) is 0.289. The Morgan fingerprint density at radius 2 is 1.94 bits per heavy atom. The van der Waals surface area contributed by atoms with Gasteiger partial charge in [-0.05, 0) is 79.5 Å². The van der Waals surface area contributed by atoms with E-state index in [0.29, 0.717) is 0 Å². The van der Waals surface area contributed by atoms with Crippen LogP contribution in [-0.4, -0.2) is 73.7 Å². The lowest BCUT2D eigenvalue weighted by molar-refractivity contribution is 0.0368. The molecular weight excluding hydrogens is 484 g/mol. The van der Waals surface area contributed by atoms with Crippen LogP contribution in [0.5, 0.6) is 0 Å². The number of benzene rings is 2. The second-order valence-electron chi connectivity index (χ2n) is 9.80. The molecule has 5 nitrogen and oxygen atoms in total. The second-order valence-corrected chi connectivity index (χ2v) is 11.1. The number of nitrogens with zero attached hydrogens (tertiary/aromatic N) is 3. The van der Waals surface area contributed by atoms with Crippen LogP contribution in [0.25, 0.3) is 0 Å². The Hall–Kier alpha value is -1.80. The van der Waals surface area contributed by atoms with Crippen LogP contribution in [0.1, 0.15) is 43.7 Å². The first-order valence-corrected chi connectivity index (χ1v) is 15.2. The summed E-state index contributed by atoms with van der Waals surface area (Å²) in [6.45, 7) is 11.2. The number of morpholine rings is 1. The van der Waals surface area contributed by atoms with Gasteiger partial charge in [0.05, 0.1) is 13.2 Å². The molecule has 0 spiro atoms. The molecule has 0 radical (unpaired) electrons. The minimum Gasteiger partial charge on any atom is -0.379 e. The van der Waals surface area contributed by atoms with E-state index in [1.165, 1.54) is 60.5 Å². The first kappa shape index (κ1) is 27.2. The maximum atomic E-state index is 5.96. The zero-order valence-corrected chi connectivity index (χ0v) is 23.6. The first-order valence-electron chi connectivity index (χ1n) is 13.5. The van der Waals surface area contributed by atoms with Crippen molar-refractivity contribution in [2.75, 3.05) is 69.0 Å². The molecule has 1 N–H and O–H groups in total. The molecule has 2 heterocycles. The molecule has 2 aromatic rings. The number of rotatable bonds is 11. The Morgan fingerprint density at radius 3 is 2.75 bits per heavy atom. The third-order valence-electron chi connectivity index (χ3n) is 7.13. The molecule has 0 atom stereocenters. The fourth-order valence-corrected chi connectivity index (χ4v) is 5.83. The van der Waals surface area contributed by atoms with Crippen molar-refractivity contribution in [3.05, 3.63) is 53.6 Å². The molecule has 1 saturated heterocycles. The molecule has 0 bridgehead atoms. The van der Waals surface area contributed by atoms with E-state index in [4.69, 9.17) is 17.0 Å². The molecule has 0 saturated carbocycles. The predicted octanol–water partition coefficient (Wildman–Crippen LogP) is 5.88. The molecule has 1 fully saturated rings. The number of fused-ring (bicyclic) bond motifs is 1. The molecular formula is C29H42N4OS2. The minimum absolute atomic E-state index is 0.803. The van der Waals surface area contributed by atoms with Gasteiger partial charge in [0.15, 0.2) is 5.11 Å². The average Bonchev–Trinajstić information content (AvgIpc) is 2.91. The Balaban J connectivity index is 1.44. The minimum atomic E-state index is 0.803. The lowest BCUT2D eigenvalue weighted by atomic mass is 9.98. The summed E-state index contributed by atoms with van der Waals surface area (Å²) in [4.78, 5) is 8.67. The van der Waals surface area contributed by atoms with Crippen molar-refractivity contribution in [2.45, 2.75) is 50.5 Å². The summed E-state index contributed by atoms with van der Waals surface area (Å²) in [6.07, 6.45) is 8.11. The van der Waals surface area contributed by atoms with Crippen LogP contribution in [0.15, 0.2) is 47.4 Å². The van der Waals surface area contributed by atoms with Crippen LogP contribution in [0.2, 0.25) is 0 Å². The number of anilines is 2. The monoisotopic (exact) mass is 526 g/mol. The molecule has 2 aromatic carbocycles. The van der Waals surface area contributed by atoms with Gasteiger partial charge in [-0.3, -0.25) is 4.90 Å². The summed E-state index contributed by atoms with van der Waals surface area (Å²) in [5.74, 6) is 0. The summed E-state index contributed by atoms with van der Waals surface area (Å²) in [5, 5.41) is 4.32. The number of ether oxygens (including phenoxy) is 1. The number of aryl methyl sites for hydroxylation is 1. The highest BCUT2D eigenvalue weighted by atomic mass is 32.2. The Kier molecular flexibility index (Phi) is 10.8. The van der Waals surface area contributed by atoms with Gasteiger partial charge in [-0.2, -0.15) is 0 Å². The molecule has 2 aliphatic rings. The number of hydrogen-bond donors (Lipinski definition) is 1. The maximum absolute atomic E-state index is 5.96. The van der Waals surface area contributed by atoms with Gasteiger partial charge < -0.3 is 19.9 Å².